The van der Waals surface area contributed by atoms with E-state index < -0.39 is 6.10 Å². The van der Waals surface area contributed by atoms with E-state index in [1.165, 1.54) is 14.2 Å². The van der Waals surface area contributed by atoms with Gasteiger partial charge in [-0.1, -0.05) is 12.2 Å². The van der Waals surface area contributed by atoms with Gasteiger partial charge in [0.05, 0.1) is 40.5 Å². The average Bonchev–Trinajstić information content (AvgIpc) is 3.12. The number of ether oxygens (including phenoxy) is 5. The standard InChI is InChI=1S/C22H26O7/c1-25-7-5-6-13-8-15-16(12-23)21(29-22(15)19(9-13)28-4)14-10-17(26-2)20(24)18(11-14)27-3/h5-6,8-11,16,21,23-24H,7,12H2,1-4H3/b6-5+/t16-,21+/m0/s1. The van der Waals surface area contributed by atoms with E-state index in [9.17, 15) is 10.2 Å². The van der Waals surface area contributed by atoms with Gasteiger partial charge in [-0.15, -0.1) is 0 Å². The maximum Gasteiger partial charge on any atom is 0.200 e. The van der Waals surface area contributed by atoms with Crippen LogP contribution in [0.3, 0.4) is 0 Å². The molecule has 0 saturated heterocycles. The first kappa shape index (κ1) is 20.8. The molecule has 0 amide bonds. The summed E-state index contributed by atoms with van der Waals surface area (Å²) in [5.41, 5.74) is 2.48. The molecule has 0 bridgehead atoms. The normalized spacial score (nSPS) is 17.8. The van der Waals surface area contributed by atoms with Crippen LogP contribution in [-0.4, -0.2) is 51.9 Å². The van der Waals surface area contributed by atoms with Gasteiger partial charge in [0.25, 0.3) is 0 Å². The van der Waals surface area contributed by atoms with Crippen LogP contribution in [0.15, 0.2) is 30.3 Å². The van der Waals surface area contributed by atoms with Crippen molar-refractivity contribution in [1.82, 2.24) is 0 Å². The second-order valence-electron chi connectivity index (χ2n) is 6.60. The van der Waals surface area contributed by atoms with E-state index >= 15 is 0 Å². The summed E-state index contributed by atoms with van der Waals surface area (Å²) in [6.07, 6.45) is 3.34. The number of phenolic OH excluding ortho intramolecular Hbond substituents is 1. The Balaban J connectivity index is 2.05. The number of rotatable bonds is 8. The number of benzene rings is 2. The SMILES string of the molecule is COC/C=C/c1cc(OC)c2c(c1)[C@H](CO)[C@@H](c1cc(OC)c(O)c(OC)c1)O2. The first-order valence-corrected chi connectivity index (χ1v) is 9.17. The van der Waals surface area contributed by atoms with Crippen LogP contribution in [0, 0.1) is 0 Å². The molecule has 0 saturated carbocycles. The van der Waals surface area contributed by atoms with Crippen LogP contribution in [0.5, 0.6) is 28.7 Å². The summed E-state index contributed by atoms with van der Waals surface area (Å²) in [6.45, 7) is 0.368. The Labute approximate surface area is 170 Å². The quantitative estimate of drug-likeness (QED) is 0.701. The van der Waals surface area contributed by atoms with Crippen molar-refractivity contribution >= 4 is 6.08 Å². The molecule has 7 heteroatoms. The molecule has 2 aromatic rings. The number of phenols is 1. The molecule has 0 fully saturated rings. The zero-order valence-electron chi connectivity index (χ0n) is 17.0. The number of fused-ring (bicyclic) bond motifs is 1. The van der Waals surface area contributed by atoms with Crippen LogP contribution in [-0.2, 0) is 4.74 Å². The number of aliphatic hydroxyl groups excluding tert-OH is 1. The van der Waals surface area contributed by atoms with E-state index in [0.29, 0.717) is 23.7 Å². The zero-order chi connectivity index (χ0) is 21.0. The summed E-state index contributed by atoms with van der Waals surface area (Å²) in [6, 6.07) is 7.21. The third kappa shape index (κ3) is 3.97. The van der Waals surface area contributed by atoms with E-state index in [0.717, 1.165) is 11.1 Å². The molecule has 0 spiro atoms. The summed E-state index contributed by atoms with van der Waals surface area (Å²) in [7, 11) is 6.14. The monoisotopic (exact) mass is 402 g/mol. The fourth-order valence-electron chi connectivity index (χ4n) is 3.52. The van der Waals surface area contributed by atoms with Gasteiger partial charge in [-0.25, -0.2) is 0 Å². The van der Waals surface area contributed by atoms with Crippen LogP contribution in [0.1, 0.15) is 28.7 Å². The minimum absolute atomic E-state index is 0.0852. The van der Waals surface area contributed by atoms with Crippen LogP contribution in [0.25, 0.3) is 6.08 Å². The highest BCUT2D eigenvalue weighted by Crippen LogP contribution is 2.52. The maximum atomic E-state index is 10.2. The van der Waals surface area contributed by atoms with Gasteiger partial charge < -0.3 is 33.9 Å². The minimum Gasteiger partial charge on any atom is -0.502 e. The summed E-state index contributed by atoms with van der Waals surface area (Å²) in [5, 5.41) is 20.3. The third-order valence-electron chi connectivity index (χ3n) is 4.94. The van der Waals surface area contributed by atoms with E-state index in [-0.39, 0.29) is 29.8 Å². The second kappa shape index (κ2) is 9.07. The van der Waals surface area contributed by atoms with Gasteiger partial charge in [-0.2, -0.15) is 0 Å². The van der Waals surface area contributed by atoms with Crippen molar-refractivity contribution in [3.63, 3.8) is 0 Å². The Morgan fingerprint density at radius 1 is 0.966 bits per heavy atom. The lowest BCUT2D eigenvalue weighted by Gasteiger charge is -2.20. The average molecular weight is 402 g/mol. The van der Waals surface area contributed by atoms with Crippen molar-refractivity contribution in [2.45, 2.75) is 12.0 Å². The van der Waals surface area contributed by atoms with E-state index in [2.05, 4.69) is 0 Å². The summed E-state index contributed by atoms with van der Waals surface area (Å²) >= 11 is 0. The predicted octanol–water partition coefficient (Wildman–Crippen LogP) is 3.29. The lowest BCUT2D eigenvalue weighted by atomic mass is 9.90. The molecule has 1 heterocycles. The molecule has 2 aromatic carbocycles. The largest absolute Gasteiger partial charge is 0.502 e. The van der Waals surface area contributed by atoms with Crippen molar-refractivity contribution in [2.24, 2.45) is 0 Å². The predicted molar refractivity (Wildman–Crippen MR) is 108 cm³/mol. The molecule has 2 atom stereocenters. The third-order valence-corrected chi connectivity index (χ3v) is 4.94. The highest BCUT2D eigenvalue weighted by atomic mass is 16.5. The van der Waals surface area contributed by atoms with E-state index in [1.54, 1.807) is 26.4 Å². The smallest absolute Gasteiger partial charge is 0.200 e. The lowest BCUT2D eigenvalue weighted by molar-refractivity contribution is 0.156. The molecule has 3 rings (SSSR count). The highest BCUT2D eigenvalue weighted by molar-refractivity contribution is 5.63. The summed E-state index contributed by atoms with van der Waals surface area (Å²) in [5.74, 6) is 1.30. The number of hydrogen-bond acceptors (Lipinski definition) is 7. The van der Waals surface area contributed by atoms with Crippen molar-refractivity contribution in [3.05, 3.63) is 47.0 Å². The van der Waals surface area contributed by atoms with Gasteiger partial charge >= 0.3 is 0 Å². The molecule has 0 aromatic heterocycles. The molecule has 0 unspecified atom stereocenters. The maximum absolute atomic E-state index is 10.2. The summed E-state index contributed by atoms with van der Waals surface area (Å²) < 4.78 is 27.3. The highest BCUT2D eigenvalue weighted by Gasteiger charge is 2.38. The topological polar surface area (TPSA) is 86.6 Å². The molecule has 7 nitrogen and oxygen atoms in total. The van der Waals surface area contributed by atoms with Gasteiger partial charge in [-0.05, 0) is 29.8 Å². The Morgan fingerprint density at radius 2 is 1.62 bits per heavy atom. The molecule has 156 valence electrons. The molecule has 1 aliphatic heterocycles. The fourth-order valence-corrected chi connectivity index (χ4v) is 3.52. The van der Waals surface area contributed by atoms with Gasteiger partial charge in [-0.3, -0.25) is 0 Å². The number of hydrogen-bond donors (Lipinski definition) is 2. The number of aliphatic hydroxyl groups is 1. The first-order chi connectivity index (χ1) is 14.1. The Bertz CT molecular complexity index is 866. The molecule has 1 aliphatic rings. The Hall–Kier alpha value is -2.90. The minimum atomic E-state index is -0.495. The van der Waals surface area contributed by atoms with Gasteiger partial charge in [0.15, 0.2) is 23.0 Å². The summed E-state index contributed by atoms with van der Waals surface area (Å²) in [4.78, 5) is 0. The van der Waals surface area contributed by atoms with Crippen LogP contribution in [0.4, 0.5) is 0 Å². The van der Waals surface area contributed by atoms with Crippen molar-refractivity contribution in [1.29, 1.82) is 0 Å². The van der Waals surface area contributed by atoms with E-state index in [4.69, 9.17) is 23.7 Å². The van der Waals surface area contributed by atoms with Crippen molar-refractivity contribution < 1.29 is 33.9 Å². The Kier molecular flexibility index (Phi) is 6.51. The molecule has 29 heavy (non-hydrogen) atoms. The van der Waals surface area contributed by atoms with Crippen LogP contribution < -0.4 is 18.9 Å². The second-order valence-corrected chi connectivity index (χ2v) is 6.60. The van der Waals surface area contributed by atoms with E-state index in [1.807, 2.05) is 24.3 Å². The Morgan fingerprint density at radius 3 is 2.17 bits per heavy atom. The zero-order valence-corrected chi connectivity index (χ0v) is 17.0. The fraction of sp³-hybridized carbons (Fsp3) is 0.364. The van der Waals surface area contributed by atoms with Gasteiger partial charge in [0.2, 0.25) is 5.75 Å². The lowest BCUT2D eigenvalue weighted by Crippen LogP contribution is -2.13. The molecule has 0 aliphatic carbocycles. The molecular formula is C22H26O7. The van der Waals surface area contributed by atoms with Gasteiger partial charge in [0.1, 0.15) is 6.10 Å². The number of methoxy groups -OCH3 is 4. The van der Waals surface area contributed by atoms with Crippen LogP contribution >= 0.6 is 0 Å². The van der Waals surface area contributed by atoms with Crippen molar-refractivity contribution in [3.8, 4) is 28.7 Å². The van der Waals surface area contributed by atoms with Crippen LogP contribution in [0.2, 0.25) is 0 Å². The molecule has 2 N–H and O–H groups in total. The van der Waals surface area contributed by atoms with Crippen molar-refractivity contribution in [2.75, 3.05) is 41.7 Å². The number of aromatic hydroxyl groups is 1. The first-order valence-electron chi connectivity index (χ1n) is 9.17. The molecular weight excluding hydrogens is 376 g/mol. The molecule has 0 radical (unpaired) electrons. The van der Waals surface area contributed by atoms with Gasteiger partial charge in [0, 0.05) is 18.2 Å².